The Labute approximate surface area is 401 Å². The molecule has 1 unspecified atom stereocenters. The van der Waals surface area contributed by atoms with Crippen LogP contribution in [0.25, 0.3) is 44.5 Å². The number of benzene rings is 10. The molecule has 2 aliphatic heterocycles. The molecule has 10 aromatic carbocycles. The maximum atomic E-state index is 2.54. The normalized spacial score (nSPS) is 16.4. The van der Waals surface area contributed by atoms with Gasteiger partial charge < -0.3 is 9.80 Å². The van der Waals surface area contributed by atoms with E-state index in [-0.39, 0.29) is 5.41 Å². The van der Waals surface area contributed by atoms with E-state index in [4.69, 9.17) is 0 Å². The summed E-state index contributed by atoms with van der Waals surface area (Å²) in [6, 6.07) is 82.9. The molecule has 10 aromatic rings. The zero-order valence-electron chi connectivity index (χ0n) is 37.8. The van der Waals surface area contributed by atoms with E-state index in [2.05, 4.69) is 242 Å². The quantitative estimate of drug-likeness (QED) is 0.174. The SMILES string of the molecule is CC1(C)c2ccccc2-c2ccc(N(c3ccc(-c4ccc5c(c4)-c4ccccc4C5)cc3)c3ccc4c(c3)C3(c5ccccc5-4)c4ccccc4N4c5ccccc5Sc5cccc3c54)cc21. The highest BCUT2D eigenvalue weighted by molar-refractivity contribution is 7.99. The average Bonchev–Trinajstić information content (AvgIpc) is 3.98. The number of para-hydroxylation sites is 3. The molecule has 68 heavy (non-hydrogen) atoms. The second kappa shape index (κ2) is 13.9. The van der Waals surface area contributed by atoms with Crippen LogP contribution in [0.4, 0.5) is 34.1 Å². The summed E-state index contributed by atoms with van der Waals surface area (Å²) in [5.74, 6) is 0. The van der Waals surface area contributed by atoms with Crippen molar-refractivity contribution in [3.8, 4) is 44.5 Å². The maximum Gasteiger partial charge on any atom is 0.0755 e. The Morgan fingerprint density at radius 3 is 1.75 bits per heavy atom. The van der Waals surface area contributed by atoms with E-state index in [0.717, 1.165) is 23.5 Å². The van der Waals surface area contributed by atoms with Crippen LogP contribution in [-0.4, -0.2) is 0 Å². The first-order valence-electron chi connectivity index (χ1n) is 23.9. The van der Waals surface area contributed by atoms with Crippen molar-refractivity contribution in [1.82, 2.24) is 0 Å². The summed E-state index contributed by atoms with van der Waals surface area (Å²) < 4.78 is 0. The fourth-order valence-electron chi connectivity index (χ4n) is 12.9. The molecule has 2 nitrogen and oxygen atoms in total. The van der Waals surface area contributed by atoms with Gasteiger partial charge in [-0.1, -0.05) is 177 Å². The Bertz CT molecular complexity index is 3800. The predicted octanol–water partition coefficient (Wildman–Crippen LogP) is 17.3. The van der Waals surface area contributed by atoms with Crippen molar-refractivity contribution in [2.24, 2.45) is 0 Å². The van der Waals surface area contributed by atoms with Crippen LogP contribution >= 0.6 is 11.8 Å². The highest BCUT2D eigenvalue weighted by Crippen LogP contribution is 2.67. The molecule has 0 amide bonds. The van der Waals surface area contributed by atoms with Gasteiger partial charge in [-0.3, -0.25) is 0 Å². The molecule has 0 fully saturated rings. The maximum absolute atomic E-state index is 2.54. The third kappa shape index (κ3) is 5.04. The molecular weight excluding hydrogens is 841 g/mol. The van der Waals surface area contributed by atoms with Crippen LogP contribution in [0.3, 0.4) is 0 Å². The van der Waals surface area contributed by atoms with Gasteiger partial charge >= 0.3 is 0 Å². The molecule has 3 aliphatic carbocycles. The molecule has 1 spiro atoms. The number of fused-ring (bicyclic) bond motifs is 17. The van der Waals surface area contributed by atoms with Gasteiger partial charge in [0.1, 0.15) is 0 Å². The van der Waals surface area contributed by atoms with Gasteiger partial charge in [-0.25, -0.2) is 0 Å². The van der Waals surface area contributed by atoms with E-state index in [1.807, 2.05) is 11.8 Å². The second-order valence-corrected chi connectivity index (χ2v) is 20.7. The number of anilines is 6. The lowest BCUT2D eigenvalue weighted by Gasteiger charge is -2.47. The summed E-state index contributed by atoms with van der Waals surface area (Å²) >= 11 is 1.89. The minimum absolute atomic E-state index is 0.145. The molecule has 320 valence electrons. The van der Waals surface area contributed by atoms with Crippen molar-refractivity contribution in [3.05, 3.63) is 263 Å². The lowest BCUT2D eigenvalue weighted by Crippen LogP contribution is -2.37. The van der Waals surface area contributed by atoms with Crippen molar-refractivity contribution in [1.29, 1.82) is 0 Å². The summed E-state index contributed by atoms with van der Waals surface area (Å²) in [5.41, 5.74) is 27.7. The highest BCUT2D eigenvalue weighted by Gasteiger charge is 2.53. The van der Waals surface area contributed by atoms with Gasteiger partial charge in [-0.2, -0.15) is 0 Å². The molecule has 15 rings (SSSR count). The first kappa shape index (κ1) is 38.3. The fraction of sp³-hybridized carbons (Fsp3) is 0.0769. The molecule has 0 saturated heterocycles. The molecule has 5 aliphatic rings. The zero-order valence-corrected chi connectivity index (χ0v) is 38.6. The molecule has 0 bridgehead atoms. The Hall–Kier alpha value is -7.85. The van der Waals surface area contributed by atoms with Gasteiger partial charge in [0.05, 0.1) is 22.5 Å². The largest absolute Gasteiger partial charge is 0.310 e. The Morgan fingerprint density at radius 1 is 0.382 bits per heavy atom. The summed E-state index contributed by atoms with van der Waals surface area (Å²) in [5, 5.41) is 0. The lowest BCUT2D eigenvalue weighted by atomic mass is 9.64. The van der Waals surface area contributed by atoms with Crippen LogP contribution in [0.2, 0.25) is 0 Å². The third-order valence-corrected chi connectivity index (χ3v) is 17.0. The van der Waals surface area contributed by atoms with Crippen molar-refractivity contribution >= 4 is 45.9 Å². The molecule has 0 aromatic heterocycles. The van der Waals surface area contributed by atoms with Gasteiger partial charge in [0, 0.05) is 32.3 Å². The first-order valence-corrected chi connectivity index (χ1v) is 24.7. The topological polar surface area (TPSA) is 6.48 Å². The van der Waals surface area contributed by atoms with E-state index in [1.165, 1.54) is 116 Å². The molecule has 2 heterocycles. The predicted molar refractivity (Wildman–Crippen MR) is 282 cm³/mol. The van der Waals surface area contributed by atoms with Crippen molar-refractivity contribution in [2.75, 3.05) is 9.80 Å². The fourth-order valence-corrected chi connectivity index (χ4v) is 13.9. The van der Waals surface area contributed by atoms with Gasteiger partial charge in [0.15, 0.2) is 0 Å². The van der Waals surface area contributed by atoms with Crippen molar-refractivity contribution < 1.29 is 0 Å². The first-order chi connectivity index (χ1) is 33.5. The molecule has 3 heteroatoms. The minimum atomic E-state index is -0.559. The van der Waals surface area contributed by atoms with E-state index < -0.39 is 5.41 Å². The third-order valence-electron chi connectivity index (χ3n) is 15.9. The second-order valence-electron chi connectivity index (χ2n) is 19.6. The van der Waals surface area contributed by atoms with Crippen molar-refractivity contribution in [3.63, 3.8) is 0 Å². The molecular formula is C65H44N2S. The Kier molecular flexibility index (Phi) is 7.80. The number of nitrogens with zero attached hydrogens (tertiary/aromatic N) is 2. The standard InChI is InChI=1S/C65H44N2S/c1-64(2)53-18-7-5-16-48(53)50-34-32-45(38-57(50)64)66(44-30-28-40(29-31-44)41-26-27-43-36-42-14-3-4-15-47(42)52(43)37-41)46-33-35-51-49-17-6-8-19-54(49)65(58(51)39-46)55-20-9-10-22-59(55)67-60-23-11-12-24-61(60)68-62-25-13-21-56(65)63(62)67/h3-35,37-39H,36H2,1-2H3. The number of hydrogen-bond acceptors (Lipinski definition) is 3. The van der Waals surface area contributed by atoms with Gasteiger partial charge in [0.25, 0.3) is 0 Å². The van der Waals surface area contributed by atoms with Crippen molar-refractivity contribution in [2.45, 2.75) is 40.9 Å². The summed E-state index contributed by atoms with van der Waals surface area (Å²) in [4.78, 5) is 7.61. The summed E-state index contributed by atoms with van der Waals surface area (Å²) in [6.45, 7) is 4.76. The molecule has 0 radical (unpaired) electrons. The van der Waals surface area contributed by atoms with Crippen LogP contribution < -0.4 is 9.80 Å². The van der Waals surface area contributed by atoms with Crippen LogP contribution in [0.5, 0.6) is 0 Å². The highest BCUT2D eigenvalue weighted by atomic mass is 32.2. The van der Waals surface area contributed by atoms with Crippen LogP contribution in [-0.2, 0) is 17.3 Å². The van der Waals surface area contributed by atoms with E-state index >= 15 is 0 Å². The Balaban J connectivity index is 0.944. The minimum Gasteiger partial charge on any atom is -0.310 e. The summed E-state index contributed by atoms with van der Waals surface area (Å²) in [6.07, 6.45) is 0.999. The van der Waals surface area contributed by atoms with E-state index in [0.29, 0.717) is 0 Å². The van der Waals surface area contributed by atoms with Gasteiger partial charge in [-0.15, -0.1) is 0 Å². The van der Waals surface area contributed by atoms with E-state index in [9.17, 15) is 0 Å². The monoisotopic (exact) mass is 884 g/mol. The van der Waals surface area contributed by atoms with Crippen LogP contribution in [0.1, 0.15) is 58.4 Å². The van der Waals surface area contributed by atoms with Gasteiger partial charge in [-0.05, 0) is 162 Å². The van der Waals surface area contributed by atoms with Crippen LogP contribution in [0.15, 0.2) is 228 Å². The molecule has 0 N–H and O–H groups in total. The lowest BCUT2D eigenvalue weighted by molar-refractivity contribution is 0.660. The van der Waals surface area contributed by atoms with E-state index in [1.54, 1.807) is 0 Å². The Morgan fingerprint density at radius 2 is 0.941 bits per heavy atom. The van der Waals surface area contributed by atoms with Crippen LogP contribution in [0, 0.1) is 0 Å². The molecule has 1 atom stereocenters. The van der Waals surface area contributed by atoms with Gasteiger partial charge in [0.2, 0.25) is 0 Å². The number of hydrogen-bond donors (Lipinski definition) is 0. The number of rotatable bonds is 4. The smallest absolute Gasteiger partial charge is 0.0755 e. The molecule has 0 saturated carbocycles. The summed E-state index contributed by atoms with van der Waals surface area (Å²) in [7, 11) is 0. The average molecular weight is 885 g/mol. The zero-order chi connectivity index (χ0) is 44.9.